The Labute approximate surface area is 125 Å². The van der Waals surface area contributed by atoms with Gasteiger partial charge in [0.25, 0.3) is 5.91 Å². The molecule has 0 aliphatic rings. The molecule has 0 atom stereocenters. The Bertz CT molecular complexity index is 611. The summed E-state index contributed by atoms with van der Waals surface area (Å²) in [4.78, 5) is 14.0. The van der Waals surface area contributed by atoms with Crippen LogP contribution < -0.4 is 10.5 Å². The molecular formula is C17H20N2O2. The zero-order valence-electron chi connectivity index (χ0n) is 12.4. The minimum Gasteiger partial charge on any atom is -0.492 e. The summed E-state index contributed by atoms with van der Waals surface area (Å²) in [6.07, 6.45) is 0. The van der Waals surface area contributed by atoms with Gasteiger partial charge in [0, 0.05) is 18.3 Å². The first-order chi connectivity index (χ1) is 10.1. The van der Waals surface area contributed by atoms with E-state index in [-0.39, 0.29) is 5.91 Å². The number of amides is 1. The van der Waals surface area contributed by atoms with Crippen LogP contribution in [0.3, 0.4) is 0 Å². The second-order valence-corrected chi connectivity index (χ2v) is 4.91. The lowest BCUT2D eigenvalue weighted by molar-refractivity contribution is 0.0773. The molecule has 4 heteroatoms. The molecule has 0 fully saturated rings. The number of likely N-dealkylation sites (N-methyl/N-ethyl adjacent to an activating group) is 1. The highest BCUT2D eigenvalue weighted by Crippen LogP contribution is 2.17. The van der Waals surface area contributed by atoms with E-state index < -0.39 is 0 Å². The maximum atomic E-state index is 12.4. The second kappa shape index (κ2) is 6.79. The third kappa shape index (κ3) is 3.75. The van der Waals surface area contributed by atoms with Gasteiger partial charge in [0.05, 0.1) is 6.54 Å². The number of ether oxygens (including phenoxy) is 1. The van der Waals surface area contributed by atoms with E-state index in [0.717, 1.165) is 11.3 Å². The third-order valence-electron chi connectivity index (χ3n) is 3.39. The van der Waals surface area contributed by atoms with Crippen LogP contribution in [0, 0.1) is 6.92 Å². The molecule has 2 aromatic carbocycles. The molecule has 0 saturated carbocycles. The molecule has 0 aliphatic heterocycles. The molecule has 4 nitrogen and oxygen atoms in total. The Kier molecular flexibility index (Phi) is 4.82. The highest BCUT2D eigenvalue weighted by molar-refractivity contribution is 5.96. The van der Waals surface area contributed by atoms with E-state index in [0.29, 0.717) is 24.4 Å². The van der Waals surface area contributed by atoms with Crippen molar-refractivity contribution < 1.29 is 9.53 Å². The van der Waals surface area contributed by atoms with E-state index in [1.807, 2.05) is 37.3 Å². The van der Waals surface area contributed by atoms with Crippen molar-refractivity contribution >= 4 is 11.6 Å². The third-order valence-corrected chi connectivity index (χ3v) is 3.39. The van der Waals surface area contributed by atoms with Gasteiger partial charge in [-0.05, 0) is 36.8 Å². The first-order valence-electron chi connectivity index (χ1n) is 6.88. The molecule has 110 valence electrons. The summed E-state index contributed by atoms with van der Waals surface area (Å²) in [5.41, 5.74) is 7.93. The van der Waals surface area contributed by atoms with Gasteiger partial charge < -0.3 is 15.4 Å². The van der Waals surface area contributed by atoms with Crippen LogP contribution >= 0.6 is 0 Å². The van der Waals surface area contributed by atoms with Gasteiger partial charge >= 0.3 is 0 Å². The van der Waals surface area contributed by atoms with Crippen LogP contribution in [0.25, 0.3) is 0 Å². The van der Waals surface area contributed by atoms with Crippen LogP contribution in [0.4, 0.5) is 5.69 Å². The highest BCUT2D eigenvalue weighted by atomic mass is 16.5. The minimum absolute atomic E-state index is 0.0449. The fraction of sp³-hybridized carbons (Fsp3) is 0.235. The van der Waals surface area contributed by atoms with Crippen LogP contribution in [0.15, 0.2) is 48.5 Å². The van der Waals surface area contributed by atoms with Crippen molar-refractivity contribution in [2.75, 3.05) is 25.9 Å². The molecule has 0 spiro atoms. The Hall–Kier alpha value is -2.49. The molecule has 0 unspecified atom stereocenters. The van der Waals surface area contributed by atoms with E-state index in [4.69, 9.17) is 10.5 Å². The summed E-state index contributed by atoms with van der Waals surface area (Å²) in [6, 6.07) is 14.9. The number of nitrogens with two attached hydrogens (primary N) is 1. The maximum absolute atomic E-state index is 12.4. The number of carbonyl (C=O) groups excluding carboxylic acids is 1. The fourth-order valence-electron chi connectivity index (χ4n) is 2.01. The van der Waals surface area contributed by atoms with Crippen LogP contribution in [0.5, 0.6) is 5.75 Å². The second-order valence-electron chi connectivity index (χ2n) is 4.91. The van der Waals surface area contributed by atoms with Crippen molar-refractivity contribution in [2.24, 2.45) is 0 Å². The van der Waals surface area contributed by atoms with Gasteiger partial charge in [-0.25, -0.2) is 0 Å². The quantitative estimate of drug-likeness (QED) is 0.859. The molecule has 0 aromatic heterocycles. The highest BCUT2D eigenvalue weighted by Gasteiger charge is 2.14. The monoisotopic (exact) mass is 284 g/mol. The number of rotatable bonds is 5. The summed E-state index contributed by atoms with van der Waals surface area (Å²) in [6.45, 7) is 2.83. The summed E-state index contributed by atoms with van der Waals surface area (Å²) in [5.74, 6) is 0.759. The summed E-state index contributed by atoms with van der Waals surface area (Å²) in [7, 11) is 1.76. The number of nitrogens with zero attached hydrogens (tertiary/aromatic N) is 1. The fourth-order valence-corrected chi connectivity index (χ4v) is 2.01. The first-order valence-corrected chi connectivity index (χ1v) is 6.88. The number of para-hydroxylation sites is 1. The van der Waals surface area contributed by atoms with Crippen molar-refractivity contribution in [3.05, 3.63) is 59.7 Å². The number of hydrogen-bond donors (Lipinski definition) is 1. The smallest absolute Gasteiger partial charge is 0.254 e. The molecule has 0 aliphatic carbocycles. The topological polar surface area (TPSA) is 55.6 Å². The molecule has 2 rings (SSSR count). The van der Waals surface area contributed by atoms with Crippen molar-refractivity contribution in [3.8, 4) is 5.75 Å². The molecule has 0 radical (unpaired) electrons. The predicted octanol–water partition coefficient (Wildman–Crippen LogP) is 2.73. The Morgan fingerprint density at radius 2 is 1.86 bits per heavy atom. The average Bonchev–Trinajstić information content (AvgIpc) is 2.50. The van der Waals surface area contributed by atoms with Gasteiger partial charge in [-0.15, -0.1) is 0 Å². The van der Waals surface area contributed by atoms with E-state index in [9.17, 15) is 4.79 Å². The van der Waals surface area contributed by atoms with Crippen molar-refractivity contribution in [3.63, 3.8) is 0 Å². The van der Waals surface area contributed by atoms with Gasteiger partial charge in [-0.2, -0.15) is 0 Å². The number of nitrogen functional groups attached to an aromatic ring is 1. The van der Waals surface area contributed by atoms with Crippen molar-refractivity contribution in [1.29, 1.82) is 0 Å². The van der Waals surface area contributed by atoms with Crippen molar-refractivity contribution in [2.45, 2.75) is 6.92 Å². The first kappa shape index (κ1) is 14.9. The maximum Gasteiger partial charge on any atom is 0.254 e. The van der Waals surface area contributed by atoms with Gasteiger partial charge in [0.2, 0.25) is 0 Å². The minimum atomic E-state index is -0.0449. The van der Waals surface area contributed by atoms with Gasteiger partial charge in [-0.1, -0.05) is 24.3 Å². The van der Waals surface area contributed by atoms with E-state index in [1.54, 1.807) is 30.1 Å². The number of hydrogen-bond acceptors (Lipinski definition) is 3. The summed E-state index contributed by atoms with van der Waals surface area (Å²) < 4.78 is 5.60. The molecule has 2 N–H and O–H groups in total. The van der Waals surface area contributed by atoms with Crippen LogP contribution in [0.1, 0.15) is 15.9 Å². The molecule has 0 bridgehead atoms. The Morgan fingerprint density at radius 3 is 2.57 bits per heavy atom. The van der Waals surface area contributed by atoms with Crippen LogP contribution in [0.2, 0.25) is 0 Å². The van der Waals surface area contributed by atoms with E-state index >= 15 is 0 Å². The van der Waals surface area contributed by atoms with Gasteiger partial charge in [0.1, 0.15) is 12.4 Å². The predicted molar refractivity (Wildman–Crippen MR) is 84.5 cm³/mol. The normalized spacial score (nSPS) is 10.2. The van der Waals surface area contributed by atoms with Crippen LogP contribution in [-0.4, -0.2) is 31.0 Å². The number of anilines is 1. The Morgan fingerprint density at radius 1 is 1.14 bits per heavy atom. The molecular weight excluding hydrogens is 264 g/mol. The lowest BCUT2D eigenvalue weighted by atomic mass is 10.1. The molecule has 1 amide bonds. The molecule has 2 aromatic rings. The SMILES string of the molecule is Cc1c(N)cccc1C(=O)N(C)CCOc1ccccc1. The van der Waals surface area contributed by atoms with Gasteiger partial charge in [-0.3, -0.25) is 4.79 Å². The zero-order chi connectivity index (χ0) is 15.2. The Balaban J connectivity index is 1.92. The summed E-state index contributed by atoms with van der Waals surface area (Å²) in [5, 5.41) is 0. The molecule has 21 heavy (non-hydrogen) atoms. The van der Waals surface area contributed by atoms with Gasteiger partial charge in [0.15, 0.2) is 0 Å². The summed E-state index contributed by atoms with van der Waals surface area (Å²) >= 11 is 0. The number of benzene rings is 2. The molecule has 0 heterocycles. The van der Waals surface area contributed by atoms with E-state index in [2.05, 4.69) is 0 Å². The van der Waals surface area contributed by atoms with E-state index in [1.165, 1.54) is 0 Å². The lowest BCUT2D eigenvalue weighted by Gasteiger charge is -2.19. The number of carbonyl (C=O) groups is 1. The molecule has 0 saturated heterocycles. The lowest BCUT2D eigenvalue weighted by Crippen LogP contribution is -2.31. The van der Waals surface area contributed by atoms with Crippen molar-refractivity contribution in [1.82, 2.24) is 4.90 Å². The average molecular weight is 284 g/mol. The van der Waals surface area contributed by atoms with Crippen LogP contribution in [-0.2, 0) is 0 Å². The largest absolute Gasteiger partial charge is 0.492 e. The zero-order valence-corrected chi connectivity index (χ0v) is 12.4. The standard InChI is InChI=1S/C17H20N2O2/c1-13-15(9-6-10-16(13)18)17(20)19(2)11-12-21-14-7-4-3-5-8-14/h3-10H,11-12,18H2,1-2H3.